The van der Waals surface area contributed by atoms with E-state index >= 15 is 0 Å². The predicted octanol–water partition coefficient (Wildman–Crippen LogP) is 2.57. The van der Waals surface area contributed by atoms with Crippen LogP contribution in [0.2, 0.25) is 0 Å². The van der Waals surface area contributed by atoms with Crippen molar-refractivity contribution in [2.75, 3.05) is 19.6 Å². The number of rotatable bonds is 6. The van der Waals surface area contributed by atoms with Gasteiger partial charge in [-0.15, -0.1) is 11.3 Å². The van der Waals surface area contributed by atoms with Crippen molar-refractivity contribution in [1.29, 1.82) is 0 Å². The molecule has 2 heterocycles. The van der Waals surface area contributed by atoms with Gasteiger partial charge in [0.05, 0.1) is 0 Å². The topological polar surface area (TPSA) is 15.3 Å². The molecule has 0 bridgehead atoms. The molecule has 0 spiro atoms. The van der Waals surface area contributed by atoms with E-state index in [2.05, 4.69) is 41.6 Å². The molecule has 1 aromatic rings. The number of nitrogens with one attached hydrogen (secondary N) is 1. The summed E-state index contributed by atoms with van der Waals surface area (Å²) in [6, 6.07) is 5.04. The van der Waals surface area contributed by atoms with Crippen LogP contribution in [0.25, 0.3) is 0 Å². The predicted molar refractivity (Wildman–Crippen MR) is 70.8 cm³/mol. The molecule has 1 aromatic heterocycles. The Balaban J connectivity index is 1.79. The maximum atomic E-state index is 3.34. The van der Waals surface area contributed by atoms with Crippen molar-refractivity contribution >= 4 is 11.3 Å². The number of thiophene rings is 1. The monoisotopic (exact) mass is 238 g/mol. The summed E-state index contributed by atoms with van der Waals surface area (Å²) in [7, 11) is 0. The average molecular weight is 238 g/mol. The largest absolute Gasteiger partial charge is 0.316 e. The maximum Gasteiger partial charge on any atom is 0.0330 e. The second-order valence-electron chi connectivity index (χ2n) is 4.96. The van der Waals surface area contributed by atoms with E-state index in [1.54, 1.807) is 0 Å². The molecule has 1 saturated heterocycles. The summed E-state index contributed by atoms with van der Waals surface area (Å²) in [5.41, 5.74) is 0. The van der Waals surface area contributed by atoms with Gasteiger partial charge in [-0.3, -0.25) is 4.90 Å². The molecule has 1 aliphatic heterocycles. The molecule has 1 fully saturated rings. The van der Waals surface area contributed by atoms with Crippen LogP contribution in [-0.4, -0.2) is 30.6 Å². The van der Waals surface area contributed by atoms with Gasteiger partial charge in [-0.25, -0.2) is 0 Å². The zero-order valence-electron chi connectivity index (χ0n) is 10.3. The molecule has 90 valence electrons. The highest BCUT2D eigenvalue weighted by Crippen LogP contribution is 2.16. The summed E-state index contributed by atoms with van der Waals surface area (Å²) in [4.78, 5) is 4.07. The molecule has 0 amide bonds. The van der Waals surface area contributed by atoms with E-state index in [9.17, 15) is 0 Å². The second-order valence-corrected chi connectivity index (χ2v) is 5.99. The normalized spacial score (nSPS) is 17.0. The smallest absolute Gasteiger partial charge is 0.0330 e. The molecule has 16 heavy (non-hydrogen) atoms. The van der Waals surface area contributed by atoms with Gasteiger partial charge in [0.1, 0.15) is 0 Å². The molecule has 2 nitrogen and oxygen atoms in total. The first-order valence-corrected chi connectivity index (χ1v) is 7.11. The van der Waals surface area contributed by atoms with Gasteiger partial charge in [-0.1, -0.05) is 6.07 Å². The zero-order chi connectivity index (χ0) is 11.4. The van der Waals surface area contributed by atoms with Gasteiger partial charge in [0, 0.05) is 17.5 Å². The minimum Gasteiger partial charge on any atom is -0.316 e. The molecule has 1 aliphatic rings. The van der Waals surface area contributed by atoms with E-state index in [1.165, 1.54) is 30.9 Å². The Hall–Kier alpha value is -0.380. The van der Waals surface area contributed by atoms with Crippen LogP contribution in [0.15, 0.2) is 17.5 Å². The van der Waals surface area contributed by atoms with Crippen molar-refractivity contribution in [2.45, 2.75) is 32.9 Å². The lowest BCUT2D eigenvalue weighted by atomic mass is 9.99. The highest BCUT2D eigenvalue weighted by Gasteiger charge is 2.19. The van der Waals surface area contributed by atoms with Gasteiger partial charge >= 0.3 is 0 Å². The lowest BCUT2D eigenvalue weighted by molar-refractivity contribution is 0.184. The van der Waals surface area contributed by atoms with Crippen LogP contribution in [0.1, 0.15) is 25.1 Å². The molecule has 2 rings (SSSR count). The van der Waals surface area contributed by atoms with Crippen molar-refractivity contribution < 1.29 is 0 Å². The summed E-state index contributed by atoms with van der Waals surface area (Å²) < 4.78 is 0. The zero-order valence-corrected chi connectivity index (χ0v) is 11.1. The Morgan fingerprint density at radius 3 is 2.81 bits per heavy atom. The molecule has 0 aliphatic carbocycles. The van der Waals surface area contributed by atoms with E-state index in [-0.39, 0.29) is 0 Å². The van der Waals surface area contributed by atoms with Crippen LogP contribution in [0.3, 0.4) is 0 Å². The lowest BCUT2D eigenvalue weighted by Crippen LogP contribution is -2.44. The molecule has 0 aromatic carbocycles. The maximum absolute atomic E-state index is 3.34. The van der Waals surface area contributed by atoms with Crippen LogP contribution in [0.5, 0.6) is 0 Å². The van der Waals surface area contributed by atoms with Crippen LogP contribution in [0.4, 0.5) is 0 Å². The summed E-state index contributed by atoms with van der Waals surface area (Å²) in [6.45, 7) is 9.41. The number of hydrogen-bond donors (Lipinski definition) is 1. The quantitative estimate of drug-likeness (QED) is 0.819. The van der Waals surface area contributed by atoms with Gasteiger partial charge in [0.15, 0.2) is 0 Å². The SMILES string of the molecule is CC(C)N(CCC1CNC1)Cc1cccs1. The van der Waals surface area contributed by atoms with Crippen molar-refractivity contribution in [3.05, 3.63) is 22.4 Å². The fourth-order valence-electron chi connectivity index (χ4n) is 2.02. The van der Waals surface area contributed by atoms with Crippen LogP contribution >= 0.6 is 11.3 Å². The average Bonchev–Trinajstić information content (AvgIpc) is 2.66. The first-order valence-electron chi connectivity index (χ1n) is 6.23. The van der Waals surface area contributed by atoms with Crippen LogP contribution in [-0.2, 0) is 6.54 Å². The second kappa shape index (κ2) is 5.80. The van der Waals surface area contributed by atoms with Crippen molar-refractivity contribution in [3.63, 3.8) is 0 Å². The van der Waals surface area contributed by atoms with E-state index in [1.807, 2.05) is 11.3 Å². The van der Waals surface area contributed by atoms with E-state index in [0.717, 1.165) is 12.5 Å². The third-order valence-electron chi connectivity index (χ3n) is 3.36. The third-order valence-corrected chi connectivity index (χ3v) is 4.22. The summed E-state index contributed by atoms with van der Waals surface area (Å²) in [6.07, 6.45) is 1.34. The highest BCUT2D eigenvalue weighted by molar-refractivity contribution is 7.09. The van der Waals surface area contributed by atoms with E-state index in [0.29, 0.717) is 6.04 Å². The van der Waals surface area contributed by atoms with Gasteiger partial charge in [0.2, 0.25) is 0 Å². The molecular weight excluding hydrogens is 216 g/mol. The van der Waals surface area contributed by atoms with E-state index in [4.69, 9.17) is 0 Å². The molecule has 0 saturated carbocycles. The summed E-state index contributed by atoms with van der Waals surface area (Å²) >= 11 is 1.87. The fraction of sp³-hybridized carbons (Fsp3) is 0.692. The van der Waals surface area contributed by atoms with Crippen LogP contribution in [0, 0.1) is 5.92 Å². The van der Waals surface area contributed by atoms with Gasteiger partial charge in [0.25, 0.3) is 0 Å². The standard InChI is InChI=1S/C13H22N2S/c1-11(2)15(6-5-12-8-14-9-12)10-13-4-3-7-16-13/h3-4,7,11-12,14H,5-6,8-10H2,1-2H3. The molecule has 0 atom stereocenters. The molecule has 3 heteroatoms. The number of hydrogen-bond acceptors (Lipinski definition) is 3. The van der Waals surface area contributed by atoms with Gasteiger partial charge in [-0.2, -0.15) is 0 Å². The van der Waals surface area contributed by atoms with Crippen molar-refractivity contribution in [1.82, 2.24) is 10.2 Å². The summed E-state index contributed by atoms with van der Waals surface area (Å²) in [5, 5.41) is 5.51. The molecule has 1 N–H and O–H groups in total. The van der Waals surface area contributed by atoms with Gasteiger partial charge < -0.3 is 5.32 Å². The molecular formula is C13H22N2S. The summed E-state index contributed by atoms with van der Waals surface area (Å²) in [5.74, 6) is 0.921. The molecule has 0 unspecified atom stereocenters. The Morgan fingerprint density at radius 2 is 2.31 bits per heavy atom. The van der Waals surface area contributed by atoms with Crippen LogP contribution < -0.4 is 5.32 Å². The van der Waals surface area contributed by atoms with E-state index < -0.39 is 0 Å². The molecule has 0 radical (unpaired) electrons. The minimum atomic E-state index is 0.648. The highest BCUT2D eigenvalue weighted by atomic mass is 32.1. The first kappa shape index (κ1) is 12.1. The lowest BCUT2D eigenvalue weighted by Gasteiger charge is -2.32. The fourth-order valence-corrected chi connectivity index (χ4v) is 2.75. The minimum absolute atomic E-state index is 0.648. The van der Waals surface area contributed by atoms with Crippen molar-refractivity contribution in [2.24, 2.45) is 5.92 Å². The van der Waals surface area contributed by atoms with Crippen molar-refractivity contribution in [3.8, 4) is 0 Å². The first-order chi connectivity index (χ1) is 7.75. The Kier molecular flexibility index (Phi) is 4.38. The Morgan fingerprint density at radius 1 is 1.50 bits per heavy atom. The number of nitrogens with zero attached hydrogens (tertiary/aromatic N) is 1. The van der Waals surface area contributed by atoms with Gasteiger partial charge in [-0.05, 0) is 57.3 Å². The third kappa shape index (κ3) is 3.30. The Bertz CT molecular complexity index is 291. The Labute approximate surface area is 103 Å².